The molecule has 2 saturated heterocycles. The van der Waals surface area contributed by atoms with Gasteiger partial charge in [-0.1, -0.05) is 6.92 Å². The highest BCUT2D eigenvalue weighted by atomic mass is 16.2. The fourth-order valence-corrected chi connectivity index (χ4v) is 2.89. The van der Waals surface area contributed by atoms with Gasteiger partial charge in [0.1, 0.15) is 13.1 Å². The highest BCUT2D eigenvalue weighted by Crippen LogP contribution is 2.20. The Kier molecular flexibility index (Phi) is 3.99. The van der Waals surface area contributed by atoms with Crippen LogP contribution in [0, 0.1) is 5.92 Å². The Hall–Kier alpha value is -1.63. The summed E-state index contributed by atoms with van der Waals surface area (Å²) >= 11 is 0. The zero-order valence-electron chi connectivity index (χ0n) is 12.5. The van der Waals surface area contributed by atoms with E-state index in [2.05, 4.69) is 11.8 Å². The number of rotatable bonds is 3. The van der Waals surface area contributed by atoms with Gasteiger partial charge >= 0.3 is 6.03 Å². The van der Waals surface area contributed by atoms with Gasteiger partial charge in [-0.05, 0) is 20.0 Å². The molecule has 2 rings (SSSR count). The van der Waals surface area contributed by atoms with E-state index in [0.717, 1.165) is 4.90 Å². The highest BCUT2D eigenvalue weighted by molar-refractivity contribution is 6.04. The maximum absolute atomic E-state index is 12.3. The summed E-state index contributed by atoms with van der Waals surface area (Å²) in [6.45, 7) is 3.35. The predicted octanol–water partition coefficient (Wildman–Crippen LogP) is -0.711. The molecule has 0 saturated carbocycles. The number of amides is 4. The summed E-state index contributed by atoms with van der Waals surface area (Å²) in [5.41, 5.74) is 0. The predicted molar refractivity (Wildman–Crippen MR) is 73.0 cm³/mol. The third kappa shape index (κ3) is 2.63. The first kappa shape index (κ1) is 14.8. The van der Waals surface area contributed by atoms with E-state index in [1.54, 1.807) is 11.9 Å². The normalized spacial score (nSPS) is 27.1. The molecule has 0 unspecified atom stereocenters. The summed E-state index contributed by atoms with van der Waals surface area (Å²) in [6, 6.07) is -0.0636. The molecule has 112 valence electrons. The Morgan fingerprint density at radius 2 is 1.95 bits per heavy atom. The van der Waals surface area contributed by atoms with Crippen LogP contribution in [-0.4, -0.2) is 90.8 Å². The van der Waals surface area contributed by atoms with Crippen molar-refractivity contribution in [3.05, 3.63) is 0 Å². The zero-order valence-corrected chi connectivity index (χ0v) is 12.5. The second kappa shape index (κ2) is 5.40. The fourth-order valence-electron chi connectivity index (χ4n) is 2.89. The summed E-state index contributed by atoms with van der Waals surface area (Å²) < 4.78 is 0. The molecule has 2 heterocycles. The smallest absolute Gasteiger partial charge is 0.327 e. The van der Waals surface area contributed by atoms with Gasteiger partial charge in [0.25, 0.3) is 5.91 Å². The van der Waals surface area contributed by atoms with E-state index < -0.39 is 0 Å². The van der Waals surface area contributed by atoms with Crippen LogP contribution in [0.2, 0.25) is 0 Å². The van der Waals surface area contributed by atoms with E-state index in [-0.39, 0.29) is 30.9 Å². The molecule has 0 bridgehead atoms. The molecule has 0 radical (unpaired) electrons. The summed E-state index contributed by atoms with van der Waals surface area (Å²) in [6.07, 6.45) is 0. The molecule has 0 aromatic heterocycles. The average Bonchev–Trinajstić information content (AvgIpc) is 2.85. The van der Waals surface area contributed by atoms with Gasteiger partial charge in [0.05, 0.1) is 0 Å². The summed E-state index contributed by atoms with van der Waals surface area (Å²) in [5, 5.41) is 0. The van der Waals surface area contributed by atoms with Gasteiger partial charge in [0.15, 0.2) is 0 Å². The van der Waals surface area contributed by atoms with Crippen LogP contribution in [-0.2, 0) is 9.59 Å². The number of nitrogens with zero attached hydrogens (tertiary/aromatic N) is 4. The van der Waals surface area contributed by atoms with Crippen LogP contribution in [0.15, 0.2) is 0 Å². The number of likely N-dealkylation sites (tertiary alicyclic amines) is 1. The van der Waals surface area contributed by atoms with Gasteiger partial charge in [-0.2, -0.15) is 0 Å². The van der Waals surface area contributed by atoms with Gasteiger partial charge in [-0.3, -0.25) is 14.5 Å². The average molecular weight is 282 g/mol. The van der Waals surface area contributed by atoms with Crippen molar-refractivity contribution in [3.63, 3.8) is 0 Å². The molecule has 0 N–H and O–H groups in total. The van der Waals surface area contributed by atoms with Gasteiger partial charge < -0.3 is 14.7 Å². The van der Waals surface area contributed by atoms with Crippen LogP contribution in [0.1, 0.15) is 6.92 Å². The monoisotopic (exact) mass is 282 g/mol. The van der Waals surface area contributed by atoms with Crippen molar-refractivity contribution in [2.45, 2.75) is 13.0 Å². The number of urea groups is 1. The number of likely N-dealkylation sites (N-methyl/N-ethyl adjacent to an activating group) is 2. The van der Waals surface area contributed by atoms with Gasteiger partial charge in [0, 0.05) is 26.2 Å². The van der Waals surface area contributed by atoms with Crippen molar-refractivity contribution < 1.29 is 14.4 Å². The molecule has 2 fully saturated rings. The van der Waals surface area contributed by atoms with Gasteiger partial charge in [-0.25, -0.2) is 4.79 Å². The molecular weight excluding hydrogens is 260 g/mol. The SMILES string of the molecule is C[C@@H]1CN(C(=O)CN2C(=O)CN(C)C2=O)C[C@@H]1N(C)C. The Morgan fingerprint density at radius 1 is 1.30 bits per heavy atom. The Balaban J connectivity index is 1.97. The largest absolute Gasteiger partial charge is 0.339 e. The summed E-state index contributed by atoms with van der Waals surface area (Å²) in [7, 11) is 5.56. The Labute approximate surface area is 119 Å². The Morgan fingerprint density at radius 3 is 2.40 bits per heavy atom. The molecule has 20 heavy (non-hydrogen) atoms. The second-order valence-corrected chi connectivity index (χ2v) is 5.93. The van der Waals surface area contributed by atoms with Crippen LogP contribution < -0.4 is 0 Å². The molecule has 7 heteroatoms. The number of carbonyl (C=O) groups excluding carboxylic acids is 3. The second-order valence-electron chi connectivity index (χ2n) is 5.93. The van der Waals surface area contributed by atoms with Crippen LogP contribution in [0.4, 0.5) is 4.79 Å². The van der Waals surface area contributed by atoms with Crippen molar-refractivity contribution >= 4 is 17.8 Å². The van der Waals surface area contributed by atoms with Crippen molar-refractivity contribution in [1.29, 1.82) is 0 Å². The summed E-state index contributed by atoms with van der Waals surface area (Å²) in [5.74, 6) is -0.0675. The number of carbonyl (C=O) groups is 3. The molecule has 4 amide bonds. The first-order valence-corrected chi connectivity index (χ1v) is 6.81. The maximum atomic E-state index is 12.3. The van der Waals surface area contributed by atoms with Crippen molar-refractivity contribution in [1.82, 2.24) is 19.6 Å². The van der Waals surface area contributed by atoms with Gasteiger partial charge in [-0.15, -0.1) is 0 Å². The first-order chi connectivity index (χ1) is 9.31. The molecular formula is C13H22N4O3. The number of hydrogen-bond donors (Lipinski definition) is 0. The molecule has 0 spiro atoms. The standard InChI is InChI=1S/C13H22N4O3/c1-9-5-16(6-10(9)14(2)3)11(18)8-17-12(19)7-15(4)13(17)20/h9-10H,5-8H2,1-4H3/t9-,10+/m1/s1. The molecule has 0 aliphatic carbocycles. The van der Waals surface area contributed by atoms with E-state index in [1.165, 1.54) is 4.90 Å². The molecule has 2 atom stereocenters. The minimum Gasteiger partial charge on any atom is -0.339 e. The molecule has 2 aliphatic rings. The van der Waals surface area contributed by atoms with Crippen molar-refractivity contribution in [2.24, 2.45) is 5.92 Å². The fraction of sp³-hybridized carbons (Fsp3) is 0.769. The number of hydrogen-bond acceptors (Lipinski definition) is 4. The lowest BCUT2D eigenvalue weighted by molar-refractivity contribution is -0.135. The van der Waals surface area contributed by atoms with Crippen LogP contribution in [0.25, 0.3) is 0 Å². The Bertz CT molecular complexity index is 437. The van der Waals surface area contributed by atoms with E-state index in [0.29, 0.717) is 25.0 Å². The lowest BCUT2D eigenvalue weighted by Crippen LogP contribution is -2.43. The molecule has 2 aliphatic heterocycles. The minimum absolute atomic E-state index is 0.0584. The topological polar surface area (TPSA) is 64.2 Å². The van der Waals surface area contributed by atoms with E-state index in [1.807, 2.05) is 14.1 Å². The lowest BCUT2D eigenvalue weighted by atomic mass is 10.1. The first-order valence-electron chi connectivity index (χ1n) is 6.81. The van der Waals surface area contributed by atoms with E-state index in [9.17, 15) is 14.4 Å². The quantitative estimate of drug-likeness (QED) is 0.641. The zero-order chi connectivity index (χ0) is 15.0. The van der Waals surface area contributed by atoms with Crippen LogP contribution in [0.3, 0.4) is 0 Å². The minimum atomic E-state index is -0.389. The van der Waals surface area contributed by atoms with Crippen molar-refractivity contribution in [2.75, 3.05) is 47.3 Å². The number of imide groups is 1. The maximum Gasteiger partial charge on any atom is 0.327 e. The van der Waals surface area contributed by atoms with Crippen LogP contribution >= 0.6 is 0 Å². The lowest BCUT2D eigenvalue weighted by Gasteiger charge is -2.23. The van der Waals surface area contributed by atoms with Crippen molar-refractivity contribution in [3.8, 4) is 0 Å². The van der Waals surface area contributed by atoms with Crippen LogP contribution in [0.5, 0.6) is 0 Å². The third-order valence-electron chi connectivity index (χ3n) is 4.11. The van der Waals surface area contributed by atoms with E-state index in [4.69, 9.17) is 0 Å². The highest BCUT2D eigenvalue weighted by Gasteiger charge is 2.38. The van der Waals surface area contributed by atoms with Gasteiger partial charge in [0.2, 0.25) is 5.91 Å². The van der Waals surface area contributed by atoms with E-state index >= 15 is 0 Å². The molecule has 0 aromatic rings. The molecule has 7 nitrogen and oxygen atoms in total. The molecule has 0 aromatic carbocycles. The summed E-state index contributed by atoms with van der Waals surface area (Å²) in [4.78, 5) is 41.9. The third-order valence-corrected chi connectivity index (χ3v) is 4.11.